The van der Waals surface area contributed by atoms with Gasteiger partial charge in [0.15, 0.2) is 0 Å². The van der Waals surface area contributed by atoms with E-state index in [4.69, 9.17) is 4.74 Å². The molecule has 4 unspecified atom stereocenters. The quantitative estimate of drug-likeness (QED) is 0.641. The summed E-state index contributed by atoms with van der Waals surface area (Å²) in [5.74, 6) is 3.18. The lowest BCUT2D eigenvalue weighted by Crippen LogP contribution is -2.36. The van der Waals surface area contributed by atoms with Gasteiger partial charge in [-0.25, -0.2) is 0 Å². The van der Waals surface area contributed by atoms with E-state index in [-0.39, 0.29) is 0 Å². The maximum atomic E-state index is 5.13. The van der Waals surface area contributed by atoms with Crippen LogP contribution in [0.2, 0.25) is 0 Å². The van der Waals surface area contributed by atoms with Gasteiger partial charge in [0.1, 0.15) is 0 Å². The van der Waals surface area contributed by atoms with E-state index in [0.717, 1.165) is 37.5 Å². The lowest BCUT2D eigenvalue weighted by molar-refractivity contribution is 0.159. The topological polar surface area (TPSA) is 21.3 Å². The molecule has 2 bridgehead atoms. The highest BCUT2D eigenvalue weighted by atomic mass is 16.5. The summed E-state index contributed by atoms with van der Waals surface area (Å²) in [7, 11) is 1.78. The number of methoxy groups -OCH3 is 1. The summed E-state index contributed by atoms with van der Waals surface area (Å²) >= 11 is 0. The van der Waals surface area contributed by atoms with Gasteiger partial charge < -0.3 is 10.1 Å². The summed E-state index contributed by atoms with van der Waals surface area (Å²) in [4.78, 5) is 0. The van der Waals surface area contributed by atoms with Crippen LogP contribution in [0, 0.1) is 23.2 Å². The first-order valence-electron chi connectivity index (χ1n) is 8.36. The molecule has 0 heterocycles. The van der Waals surface area contributed by atoms with Crippen molar-refractivity contribution in [3.8, 4) is 0 Å². The van der Waals surface area contributed by atoms with E-state index in [0.29, 0.717) is 5.41 Å². The van der Waals surface area contributed by atoms with Crippen LogP contribution in [0.25, 0.3) is 0 Å². The highest BCUT2D eigenvalue weighted by Gasteiger charge is 2.42. The average Bonchev–Trinajstić information content (AvgIpc) is 2.97. The third-order valence-corrected chi connectivity index (χ3v) is 5.53. The third kappa shape index (κ3) is 4.19. The Bertz CT molecular complexity index is 268. The molecule has 0 aromatic carbocycles. The van der Waals surface area contributed by atoms with Crippen molar-refractivity contribution in [1.29, 1.82) is 0 Å². The first kappa shape index (κ1) is 15.3. The van der Waals surface area contributed by atoms with Crippen molar-refractivity contribution in [3.05, 3.63) is 0 Å². The molecule has 2 fully saturated rings. The molecule has 2 heteroatoms. The van der Waals surface area contributed by atoms with Gasteiger partial charge in [-0.1, -0.05) is 26.7 Å². The maximum absolute atomic E-state index is 5.13. The van der Waals surface area contributed by atoms with E-state index in [1.54, 1.807) is 13.5 Å². The van der Waals surface area contributed by atoms with Gasteiger partial charge in [0.05, 0.1) is 6.61 Å². The first-order chi connectivity index (χ1) is 9.17. The first-order valence-corrected chi connectivity index (χ1v) is 8.36. The Morgan fingerprint density at radius 2 is 2.11 bits per heavy atom. The van der Waals surface area contributed by atoms with Gasteiger partial charge in [-0.2, -0.15) is 0 Å². The zero-order chi connectivity index (χ0) is 13.7. The molecule has 0 amide bonds. The molecule has 2 aliphatic carbocycles. The number of rotatable bonds is 9. The van der Waals surface area contributed by atoms with Gasteiger partial charge in [-0.05, 0) is 55.3 Å². The lowest BCUT2D eigenvalue weighted by Gasteiger charge is -2.35. The summed E-state index contributed by atoms with van der Waals surface area (Å²) in [5, 5.41) is 3.60. The summed E-state index contributed by atoms with van der Waals surface area (Å²) in [6.45, 7) is 7.82. The van der Waals surface area contributed by atoms with Crippen LogP contribution in [-0.4, -0.2) is 26.8 Å². The minimum Gasteiger partial charge on any atom is -0.383 e. The third-order valence-electron chi connectivity index (χ3n) is 5.53. The highest BCUT2D eigenvalue weighted by molar-refractivity contribution is 4.93. The predicted octanol–water partition coefficient (Wildman–Crippen LogP) is 3.86. The molecular weight excluding hydrogens is 234 g/mol. The van der Waals surface area contributed by atoms with Crippen LogP contribution >= 0.6 is 0 Å². The normalized spacial score (nSPS) is 32.7. The molecule has 2 saturated carbocycles. The Morgan fingerprint density at radius 3 is 2.68 bits per heavy atom. The maximum Gasteiger partial charge on any atom is 0.0587 e. The van der Waals surface area contributed by atoms with Gasteiger partial charge in [0, 0.05) is 20.2 Å². The van der Waals surface area contributed by atoms with Crippen molar-refractivity contribution in [1.82, 2.24) is 5.32 Å². The van der Waals surface area contributed by atoms with Gasteiger partial charge in [0.25, 0.3) is 0 Å². The number of ether oxygens (including phenoxy) is 1. The van der Waals surface area contributed by atoms with E-state index in [9.17, 15) is 0 Å². The predicted molar refractivity (Wildman–Crippen MR) is 81.3 cm³/mol. The fourth-order valence-electron chi connectivity index (χ4n) is 4.69. The molecule has 112 valence electrons. The second kappa shape index (κ2) is 7.08. The van der Waals surface area contributed by atoms with Crippen LogP contribution in [0.15, 0.2) is 0 Å². The largest absolute Gasteiger partial charge is 0.383 e. The zero-order valence-corrected chi connectivity index (χ0v) is 13.2. The molecular formula is C17H33NO. The Morgan fingerprint density at radius 1 is 1.26 bits per heavy atom. The van der Waals surface area contributed by atoms with Crippen LogP contribution in [-0.2, 0) is 4.74 Å². The summed E-state index contributed by atoms with van der Waals surface area (Å²) in [6, 6.07) is 0. The second-order valence-corrected chi connectivity index (χ2v) is 7.37. The molecule has 2 aliphatic rings. The van der Waals surface area contributed by atoms with Crippen LogP contribution in [0.3, 0.4) is 0 Å². The fourth-order valence-corrected chi connectivity index (χ4v) is 4.69. The van der Waals surface area contributed by atoms with Crippen molar-refractivity contribution in [2.45, 2.75) is 58.8 Å². The van der Waals surface area contributed by atoms with Gasteiger partial charge in [-0.3, -0.25) is 0 Å². The SMILES string of the molecule is CCCC(C)(CNCCOC)CC1CC2CCC1C2. The van der Waals surface area contributed by atoms with Crippen molar-refractivity contribution in [2.24, 2.45) is 23.2 Å². The van der Waals surface area contributed by atoms with E-state index < -0.39 is 0 Å². The average molecular weight is 267 g/mol. The van der Waals surface area contributed by atoms with Crippen LogP contribution in [0.5, 0.6) is 0 Å². The smallest absolute Gasteiger partial charge is 0.0587 e. The van der Waals surface area contributed by atoms with E-state index in [1.165, 1.54) is 38.5 Å². The summed E-state index contributed by atoms with van der Waals surface area (Å²) < 4.78 is 5.13. The van der Waals surface area contributed by atoms with E-state index in [1.807, 2.05) is 0 Å². The van der Waals surface area contributed by atoms with Crippen molar-refractivity contribution in [3.63, 3.8) is 0 Å². The van der Waals surface area contributed by atoms with Gasteiger partial charge >= 0.3 is 0 Å². The molecule has 2 nitrogen and oxygen atoms in total. The Labute approximate surface area is 119 Å². The molecule has 0 saturated heterocycles. The fraction of sp³-hybridized carbons (Fsp3) is 1.00. The molecule has 19 heavy (non-hydrogen) atoms. The van der Waals surface area contributed by atoms with Crippen molar-refractivity contribution >= 4 is 0 Å². The van der Waals surface area contributed by atoms with Gasteiger partial charge in [-0.15, -0.1) is 0 Å². The molecule has 0 aromatic heterocycles. The van der Waals surface area contributed by atoms with E-state index >= 15 is 0 Å². The molecule has 0 radical (unpaired) electrons. The summed E-state index contributed by atoms with van der Waals surface area (Å²) in [6.07, 6.45) is 10.2. The van der Waals surface area contributed by atoms with Crippen LogP contribution in [0.1, 0.15) is 58.8 Å². The number of fused-ring (bicyclic) bond motifs is 2. The monoisotopic (exact) mass is 267 g/mol. The Kier molecular flexibility index (Phi) is 5.70. The number of hydrogen-bond acceptors (Lipinski definition) is 2. The number of nitrogens with one attached hydrogen (secondary N) is 1. The van der Waals surface area contributed by atoms with Crippen LogP contribution in [0.4, 0.5) is 0 Å². The van der Waals surface area contributed by atoms with E-state index in [2.05, 4.69) is 19.2 Å². The summed E-state index contributed by atoms with van der Waals surface area (Å²) in [5.41, 5.74) is 0.498. The van der Waals surface area contributed by atoms with Crippen LogP contribution < -0.4 is 5.32 Å². The Hall–Kier alpha value is -0.0800. The highest BCUT2D eigenvalue weighted by Crippen LogP contribution is 2.52. The second-order valence-electron chi connectivity index (χ2n) is 7.37. The Balaban J connectivity index is 1.80. The zero-order valence-electron chi connectivity index (χ0n) is 13.2. The minimum atomic E-state index is 0.498. The van der Waals surface area contributed by atoms with Gasteiger partial charge in [0.2, 0.25) is 0 Å². The van der Waals surface area contributed by atoms with Crippen molar-refractivity contribution < 1.29 is 4.74 Å². The molecule has 0 spiro atoms. The molecule has 2 rings (SSSR count). The van der Waals surface area contributed by atoms with Crippen molar-refractivity contribution in [2.75, 3.05) is 26.8 Å². The standard InChI is InChI=1S/C17H33NO/c1-4-7-17(2,13-18-8-9-19-3)12-16-11-14-5-6-15(16)10-14/h14-16,18H,4-13H2,1-3H3. The lowest BCUT2D eigenvalue weighted by atomic mass is 9.73. The molecule has 4 atom stereocenters. The number of hydrogen-bond donors (Lipinski definition) is 1. The molecule has 0 aromatic rings. The minimum absolute atomic E-state index is 0.498. The molecule has 0 aliphatic heterocycles. The molecule has 1 N–H and O–H groups in total.